The molecule has 0 bridgehead atoms. The number of ether oxygens (including phenoxy) is 1. The van der Waals surface area contributed by atoms with Gasteiger partial charge in [0.15, 0.2) is 0 Å². The summed E-state index contributed by atoms with van der Waals surface area (Å²) >= 11 is 0. The van der Waals surface area contributed by atoms with E-state index in [1.165, 1.54) is 6.42 Å². The quantitative estimate of drug-likeness (QED) is 0.422. The summed E-state index contributed by atoms with van der Waals surface area (Å²) in [6, 6.07) is 11.1. The molecule has 0 radical (unpaired) electrons. The molecule has 3 amide bonds. The van der Waals surface area contributed by atoms with Crippen LogP contribution in [0.1, 0.15) is 57.1 Å². The van der Waals surface area contributed by atoms with E-state index < -0.39 is 22.2 Å². The van der Waals surface area contributed by atoms with Crippen LogP contribution in [0.5, 0.6) is 5.75 Å². The van der Waals surface area contributed by atoms with E-state index in [4.69, 9.17) is 4.74 Å². The molecular formula is C31H44N4O6S. The molecule has 42 heavy (non-hydrogen) atoms. The Balaban J connectivity index is 1.59. The molecule has 0 spiro atoms. The van der Waals surface area contributed by atoms with Gasteiger partial charge in [0.05, 0.1) is 30.5 Å². The van der Waals surface area contributed by atoms with E-state index in [1.807, 2.05) is 13.8 Å². The van der Waals surface area contributed by atoms with Crippen LogP contribution in [0.2, 0.25) is 0 Å². The Morgan fingerprint density at radius 1 is 1.14 bits per heavy atom. The van der Waals surface area contributed by atoms with Crippen LogP contribution in [-0.4, -0.2) is 80.2 Å². The van der Waals surface area contributed by atoms with Crippen LogP contribution in [0, 0.1) is 12.8 Å². The third kappa shape index (κ3) is 7.95. The highest BCUT2D eigenvalue weighted by molar-refractivity contribution is 7.92. The number of urea groups is 1. The zero-order valence-corrected chi connectivity index (χ0v) is 25.8. The summed E-state index contributed by atoms with van der Waals surface area (Å²) < 4.78 is 35.2. The average Bonchev–Trinajstić information content (AvgIpc) is 3.00. The fraction of sp³-hybridized carbons (Fsp3) is 0.548. The van der Waals surface area contributed by atoms with Crippen LogP contribution >= 0.6 is 0 Å². The number of hydrogen-bond acceptors (Lipinski definition) is 6. The first kappa shape index (κ1) is 31.6. The number of aliphatic hydroxyl groups excluding tert-OH is 1. The van der Waals surface area contributed by atoms with Crippen LogP contribution in [0.25, 0.3) is 0 Å². The SMILES string of the molecule is Cc1ccc(S(=O)(=O)Nc2ccc3c(c2)CC(=O)N([C@H](C)CO)C[C@H](C)[C@H](CN(C)C(=O)NC2CCCCC2)O3)cc1. The van der Waals surface area contributed by atoms with Crippen LogP contribution in [-0.2, 0) is 21.2 Å². The summed E-state index contributed by atoms with van der Waals surface area (Å²) in [6.45, 7) is 6.07. The highest BCUT2D eigenvalue weighted by atomic mass is 32.2. The summed E-state index contributed by atoms with van der Waals surface area (Å²) in [6.07, 6.45) is 4.91. The topological polar surface area (TPSA) is 128 Å². The van der Waals surface area contributed by atoms with Gasteiger partial charge in [0, 0.05) is 36.8 Å². The van der Waals surface area contributed by atoms with Gasteiger partial charge >= 0.3 is 6.03 Å². The summed E-state index contributed by atoms with van der Waals surface area (Å²) in [5, 5.41) is 13.0. The Morgan fingerprint density at radius 3 is 2.50 bits per heavy atom. The van der Waals surface area contributed by atoms with Crippen molar-refractivity contribution in [2.45, 2.75) is 82.4 Å². The third-order valence-electron chi connectivity index (χ3n) is 8.23. The van der Waals surface area contributed by atoms with E-state index in [2.05, 4.69) is 10.0 Å². The second kappa shape index (κ2) is 13.8. The van der Waals surface area contributed by atoms with Crippen LogP contribution < -0.4 is 14.8 Å². The van der Waals surface area contributed by atoms with Crippen molar-refractivity contribution in [3.8, 4) is 5.75 Å². The van der Waals surface area contributed by atoms with E-state index in [1.54, 1.807) is 66.2 Å². The predicted octanol–water partition coefficient (Wildman–Crippen LogP) is 3.92. The fourth-order valence-corrected chi connectivity index (χ4v) is 6.58. The first-order chi connectivity index (χ1) is 20.0. The number of rotatable bonds is 8. The van der Waals surface area contributed by atoms with Crippen LogP contribution in [0.4, 0.5) is 10.5 Å². The third-order valence-corrected chi connectivity index (χ3v) is 9.63. The highest BCUT2D eigenvalue weighted by Gasteiger charge is 2.32. The number of carbonyl (C=O) groups is 2. The van der Waals surface area contributed by atoms with Gasteiger partial charge in [-0.15, -0.1) is 0 Å². The van der Waals surface area contributed by atoms with Gasteiger partial charge in [-0.3, -0.25) is 9.52 Å². The van der Waals surface area contributed by atoms with Gasteiger partial charge in [0.1, 0.15) is 11.9 Å². The molecule has 11 heteroatoms. The lowest BCUT2D eigenvalue weighted by molar-refractivity contribution is -0.134. The minimum Gasteiger partial charge on any atom is -0.488 e. The number of nitrogens with one attached hydrogen (secondary N) is 2. The van der Waals surface area contributed by atoms with E-state index in [9.17, 15) is 23.1 Å². The number of nitrogens with zero attached hydrogens (tertiary/aromatic N) is 2. The minimum absolute atomic E-state index is 0.0305. The molecule has 0 aromatic heterocycles. The number of sulfonamides is 1. The maximum atomic E-state index is 13.5. The lowest BCUT2D eigenvalue weighted by Gasteiger charge is -2.34. The molecule has 2 aromatic carbocycles. The number of amides is 3. The van der Waals surface area contributed by atoms with Crippen molar-refractivity contribution in [2.24, 2.45) is 5.92 Å². The minimum atomic E-state index is -3.85. The number of hydrogen-bond donors (Lipinski definition) is 3. The number of likely N-dealkylation sites (N-methyl/N-ethyl adjacent to an activating group) is 1. The predicted molar refractivity (Wildman–Crippen MR) is 162 cm³/mol. The van der Waals surface area contributed by atoms with E-state index in [0.29, 0.717) is 23.5 Å². The second-order valence-electron chi connectivity index (χ2n) is 11.8. The number of benzene rings is 2. The largest absolute Gasteiger partial charge is 0.488 e. The van der Waals surface area contributed by atoms with Crippen molar-refractivity contribution >= 4 is 27.6 Å². The maximum absolute atomic E-state index is 13.5. The molecule has 2 aliphatic rings. The van der Waals surface area contributed by atoms with Crippen molar-refractivity contribution in [3.05, 3.63) is 53.6 Å². The fourth-order valence-electron chi connectivity index (χ4n) is 5.53. The number of anilines is 1. The molecule has 1 fully saturated rings. The number of fused-ring (bicyclic) bond motifs is 1. The van der Waals surface area contributed by atoms with Gasteiger partial charge in [-0.1, -0.05) is 43.9 Å². The van der Waals surface area contributed by atoms with Crippen molar-refractivity contribution in [3.63, 3.8) is 0 Å². The smallest absolute Gasteiger partial charge is 0.317 e. The normalized spacial score (nSPS) is 20.8. The molecule has 1 aliphatic heterocycles. The van der Waals surface area contributed by atoms with Gasteiger partial charge < -0.3 is 25.0 Å². The van der Waals surface area contributed by atoms with Crippen molar-refractivity contribution in [2.75, 3.05) is 31.5 Å². The van der Waals surface area contributed by atoms with Crippen molar-refractivity contribution in [1.29, 1.82) is 0 Å². The first-order valence-electron chi connectivity index (χ1n) is 14.8. The highest BCUT2D eigenvalue weighted by Crippen LogP contribution is 2.30. The van der Waals surface area contributed by atoms with Gasteiger partial charge in [-0.2, -0.15) is 0 Å². The molecule has 4 rings (SSSR count). The second-order valence-corrected chi connectivity index (χ2v) is 13.5. The van der Waals surface area contributed by atoms with E-state index in [-0.39, 0.29) is 48.4 Å². The standard InChI is InChI=1S/C31H44N4O6S/c1-21-10-13-27(14-11-21)42(39,40)33-26-12-15-28-24(16-26)17-30(37)35(23(3)20-36)18-22(2)29(41-28)19-34(4)31(38)32-25-8-6-5-7-9-25/h10-16,22-23,25,29,33,36H,5-9,17-20H2,1-4H3,(H,32,38)/t22-,23+,29-/m0/s1. The lowest BCUT2D eigenvalue weighted by Crippen LogP contribution is -2.50. The zero-order valence-electron chi connectivity index (χ0n) is 25.0. The zero-order chi connectivity index (χ0) is 30.4. The van der Waals surface area contributed by atoms with Gasteiger partial charge in [-0.05, 0) is 57.0 Å². The van der Waals surface area contributed by atoms with Crippen molar-refractivity contribution < 1.29 is 27.9 Å². The van der Waals surface area contributed by atoms with Crippen LogP contribution in [0.3, 0.4) is 0 Å². The summed E-state index contributed by atoms with van der Waals surface area (Å²) in [5.41, 5.74) is 1.78. The molecule has 230 valence electrons. The summed E-state index contributed by atoms with van der Waals surface area (Å²) in [5.74, 6) is 0.0902. The summed E-state index contributed by atoms with van der Waals surface area (Å²) in [7, 11) is -2.11. The molecule has 2 aromatic rings. The molecule has 0 unspecified atom stereocenters. The van der Waals surface area contributed by atoms with Gasteiger partial charge in [0.2, 0.25) is 5.91 Å². The molecule has 3 N–H and O–H groups in total. The molecule has 1 saturated carbocycles. The van der Waals surface area contributed by atoms with Gasteiger partial charge in [0.25, 0.3) is 10.0 Å². The monoisotopic (exact) mass is 600 g/mol. The lowest BCUT2D eigenvalue weighted by atomic mass is 9.96. The first-order valence-corrected chi connectivity index (χ1v) is 16.3. The van der Waals surface area contributed by atoms with E-state index >= 15 is 0 Å². The molecule has 3 atom stereocenters. The Bertz CT molecular complexity index is 1340. The molecule has 10 nitrogen and oxygen atoms in total. The molecule has 1 heterocycles. The number of aryl methyl sites for hydroxylation is 1. The average molecular weight is 601 g/mol. The Morgan fingerprint density at radius 2 is 1.83 bits per heavy atom. The Hall–Kier alpha value is -3.31. The Kier molecular flexibility index (Phi) is 10.4. The van der Waals surface area contributed by atoms with Crippen LogP contribution in [0.15, 0.2) is 47.4 Å². The Labute approximate surface area is 249 Å². The van der Waals surface area contributed by atoms with Gasteiger partial charge in [-0.25, -0.2) is 13.2 Å². The number of carbonyl (C=O) groups excluding carboxylic acids is 2. The molecule has 0 saturated heterocycles. The number of aliphatic hydroxyl groups is 1. The molecule has 1 aliphatic carbocycles. The summed E-state index contributed by atoms with van der Waals surface area (Å²) in [4.78, 5) is 29.9. The van der Waals surface area contributed by atoms with Crippen molar-refractivity contribution in [1.82, 2.24) is 15.1 Å². The molecular weight excluding hydrogens is 556 g/mol. The van der Waals surface area contributed by atoms with E-state index in [0.717, 1.165) is 31.2 Å². The maximum Gasteiger partial charge on any atom is 0.317 e.